The Bertz CT molecular complexity index is 539. The lowest BCUT2D eigenvalue weighted by molar-refractivity contribution is -0.0795. The predicted octanol–water partition coefficient (Wildman–Crippen LogP) is 6.71. The molecule has 23 heavy (non-hydrogen) atoms. The van der Waals surface area contributed by atoms with Crippen LogP contribution in [0.5, 0.6) is 0 Å². The first-order valence-electron chi connectivity index (χ1n) is 8.89. The van der Waals surface area contributed by atoms with E-state index < -0.39 is 0 Å². The van der Waals surface area contributed by atoms with Gasteiger partial charge in [0.05, 0.1) is 5.76 Å². The van der Waals surface area contributed by atoms with Gasteiger partial charge in [-0.3, -0.25) is 0 Å². The van der Waals surface area contributed by atoms with Gasteiger partial charge in [0.15, 0.2) is 0 Å². The van der Waals surface area contributed by atoms with Crippen LogP contribution in [0.3, 0.4) is 0 Å². The molecule has 0 aromatic heterocycles. The van der Waals surface area contributed by atoms with Crippen molar-refractivity contribution in [3.05, 3.63) is 41.7 Å². The average Bonchev–Trinajstić information content (AvgIpc) is 2.34. The van der Waals surface area contributed by atoms with Crippen molar-refractivity contribution in [3.63, 3.8) is 0 Å². The largest absolute Gasteiger partial charge is 0.512 e. The molecule has 0 atom stereocenters. The molecule has 1 aromatic rings. The Morgan fingerprint density at radius 1 is 1.00 bits per heavy atom. The third-order valence-corrected chi connectivity index (χ3v) is 5.51. The van der Waals surface area contributed by atoms with E-state index in [2.05, 4.69) is 48.5 Å². The molecule has 0 heterocycles. The van der Waals surface area contributed by atoms with E-state index in [0.29, 0.717) is 11.7 Å². The smallest absolute Gasteiger partial charge is 0.0959 e. The number of rotatable bonds is 2. The van der Waals surface area contributed by atoms with Crippen LogP contribution in [0.4, 0.5) is 0 Å². The molecule has 1 N–H and O–H groups in total. The summed E-state index contributed by atoms with van der Waals surface area (Å²) in [4.78, 5) is 0. The van der Waals surface area contributed by atoms with Crippen LogP contribution in [0.2, 0.25) is 0 Å². The maximum atomic E-state index is 10.7. The van der Waals surface area contributed by atoms with Crippen molar-refractivity contribution >= 4 is 6.08 Å². The van der Waals surface area contributed by atoms with Crippen LogP contribution in [-0.2, 0) is 0 Å². The van der Waals surface area contributed by atoms with E-state index in [4.69, 9.17) is 0 Å². The summed E-state index contributed by atoms with van der Waals surface area (Å²) in [5.74, 6) is 1.42. The molecule has 1 fully saturated rings. The Morgan fingerprint density at radius 2 is 1.48 bits per heavy atom. The van der Waals surface area contributed by atoms with Crippen molar-refractivity contribution in [1.29, 1.82) is 0 Å². The first-order valence-corrected chi connectivity index (χ1v) is 8.89. The van der Waals surface area contributed by atoms with Crippen molar-refractivity contribution in [1.82, 2.24) is 0 Å². The van der Waals surface area contributed by atoms with Crippen LogP contribution in [0.25, 0.3) is 6.08 Å². The highest BCUT2D eigenvalue weighted by Crippen LogP contribution is 2.60. The van der Waals surface area contributed by atoms with E-state index in [1.807, 2.05) is 36.4 Å². The molecule has 0 unspecified atom stereocenters. The minimum atomic E-state index is 0.211. The topological polar surface area (TPSA) is 20.2 Å². The van der Waals surface area contributed by atoms with E-state index in [-0.39, 0.29) is 22.2 Å². The first-order chi connectivity index (χ1) is 10.4. The van der Waals surface area contributed by atoms with Crippen molar-refractivity contribution in [2.24, 2.45) is 28.1 Å². The molecule has 2 rings (SSSR count). The van der Waals surface area contributed by atoms with Crippen molar-refractivity contribution < 1.29 is 5.11 Å². The number of benzene rings is 1. The van der Waals surface area contributed by atoms with Gasteiger partial charge in [-0.2, -0.15) is 0 Å². The van der Waals surface area contributed by atoms with Crippen molar-refractivity contribution in [2.45, 2.75) is 61.3 Å². The summed E-state index contributed by atoms with van der Waals surface area (Å²) in [7, 11) is 0. The van der Waals surface area contributed by atoms with Crippen LogP contribution < -0.4 is 0 Å². The second kappa shape index (κ2) is 6.00. The quantitative estimate of drug-likeness (QED) is 0.601. The summed E-state index contributed by atoms with van der Waals surface area (Å²) in [6, 6.07) is 10.1. The Labute approximate surface area is 142 Å². The molecule has 0 bridgehead atoms. The first kappa shape index (κ1) is 18.1. The number of hydrogen-bond acceptors (Lipinski definition) is 1. The van der Waals surface area contributed by atoms with E-state index in [9.17, 15) is 5.11 Å². The molecule has 1 aliphatic rings. The predicted molar refractivity (Wildman–Crippen MR) is 100 cm³/mol. The fourth-order valence-corrected chi connectivity index (χ4v) is 6.03. The molecule has 1 saturated carbocycles. The molecular weight excluding hydrogens is 280 g/mol. The molecule has 0 radical (unpaired) electrons. The van der Waals surface area contributed by atoms with Crippen LogP contribution in [0.1, 0.15) is 66.9 Å². The van der Waals surface area contributed by atoms with Gasteiger partial charge in [-0.05, 0) is 46.6 Å². The molecule has 1 heteroatoms. The van der Waals surface area contributed by atoms with Gasteiger partial charge in [0.2, 0.25) is 0 Å². The standard InChI is InChI=1S/C22H34O/c1-20(2,3)19-21(4,5)14-17(15-22(19,6)7)18(23)13-16-11-9-8-10-12-16/h8-13,17,19,23H,14-15H2,1-7H3/b18-13-. The van der Waals surface area contributed by atoms with E-state index in [0.717, 1.165) is 18.4 Å². The SMILES string of the molecule is CC(C)(C)C1C(C)(C)CC(/C(O)=C/c2ccccc2)CC1(C)C. The minimum absolute atomic E-state index is 0.211. The van der Waals surface area contributed by atoms with E-state index >= 15 is 0 Å². The molecule has 128 valence electrons. The summed E-state index contributed by atoms with van der Waals surface area (Å²) < 4.78 is 0. The molecule has 1 aromatic carbocycles. The maximum absolute atomic E-state index is 10.7. The van der Waals surface area contributed by atoms with Gasteiger partial charge < -0.3 is 5.11 Å². The van der Waals surface area contributed by atoms with Gasteiger partial charge in [0, 0.05) is 5.92 Å². The summed E-state index contributed by atoms with van der Waals surface area (Å²) in [6.07, 6.45) is 4.05. The summed E-state index contributed by atoms with van der Waals surface area (Å²) in [5, 5.41) is 10.7. The number of aliphatic hydroxyl groups excluding tert-OH is 1. The van der Waals surface area contributed by atoms with Crippen molar-refractivity contribution in [3.8, 4) is 0 Å². The zero-order valence-electron chi connectivity index (χ0n) is 16.0. The summed E-state index contributed by atoms with van der Waals surface area (Å²) in [5.41, 5.74) is 1.78. The molecular formula is C22H34O. The molecule has 1 nitrogen and oxygen atoms in total. The van der Waals surface area contributed by atoms with E-state index in [1.165, 1.54) is 0 Å². The molecule has 1 aliphatic carbocycles. The fourth-order valence-electron chi connectivity index (χ4n) is 6.03. The second-order valence-corrected chi connectivity index (χ2v) is 9.86. The zero-order valence-corrected chi connectivity index (χ0v) is 16.0. The zero-order chi connectivity index (χ0) is 17.5. The Morgan fingerprint density at radius 3 is 1.91 bits per heavy atom. The Kier molecular flexibility index (Phi) is 4.72. The van der Waals surface area contributed by atoms with Crippen LogP contribution in [-0.4, -0.2) is 5.11 Å². The average molecular weight is 315 g/mol. The van der Waals surface area contributed by atoms with Gasteiger partial charge in [-0.1, -0.05) is 78.8 Å². The monoisotopic (exact) mass is 314 g/mol. The summed E-state index contributed by atoms with van der Waals surface area (Å²) in [6.45, 7) is 16.6. The lowest BCUT2D eigenvalue weighted by Crippen LogP contribution is -2.50. The molecule has 0 aliphatic heterocycles. The van der Waals surface area contributed by atoms with Crippen LogP contribution >= 0.6 is 0 Å². The van der Waals surface area contributed by atoms with Gasteiger partial charge in [0.1, 0.15) is 0 Å². The third kappa shape index (κ3) is 4.00. The number of hydrogen-bond donors (Lipinski definition) is 1. The highest BCUT2D eigenvalue weighted by Gasteiger charge is 2.52. The van der Waals surface area contributed by atoms with Gasteiger partial charge in [-0.15, -0.1) is 0 Å². The molecule has 0 amide bonds. The van der Waals surface area contributed by atoms with Crippen LogP contribution in [0.15, 0.2) is 36.1 Å². The fraction of sp³-hybridized carbons (Fsp3) is 0.636. The van der Waals surface area contributed by atoms with Gasteiger partial charge >= 0.3 is 0 Å². The third-order valence-electron chi connectivity index (χ3n) is 5.51. The lowest BCUT2D eigenvalue weighted by atomic mass is 9.48. The number of allylic oxidation sites excluding steroid dienone is 1. The highest BCUT2D eigenvalue weighted by atomic mass is 16.3. The van der Waals surface area contributed by atoms with Crippen LogP contribution in [0, 0.1) is 28.1 Å². The van der Waals surface area contributed by atoms with E-state index in [1.54, 1.807) is 0 Å². The van der Waals surface area contributed by atoms with Gasteiger partial charge in [-0.25, -0.2) is 0 Å². The Hall–Kier alpha value is -1.24. The number of aliphatic hydroxyl groups is 1. The maximum Gasteiger partial charge on any atom is 0.0959 e. The second-order valence-electron chi connectivity index (χ2n) is 9.86. The molecule has 0 saturated heterocycles. The van der Waals surface area contributed by atoms with Crippen molar-refractivity contribution in [2.75, 3.05) is 0 Å². The molecule has 0 spiro atoms. The minimum Gasteiger partial charge on any atom is -0.512 e. The normalized spacial score (nSPS) is 27.7. The lowest BCUT2D eigenvalue weighted by Gasteiger charge is -2.57. The summed E-state index contributed by atoms with van der Waals surface area (Å²) >= 11 is 0. The Balaban J connectivity index is 2.30. The highest BCUT2D eigenvalue weighted by molar-refractivity contribution is 5.51. The van der Waals surface area contributed by atoms with Gasteiger partial charge in [0.25, 0.3) is 0 Å².